The highest BCUT2D eigenvalue weighted by atomic mass is 35.5. The summed E-state index contributed by atoms with van der Waals surface area (Å²) in [6, 6.07) is 14.5. The van der Waals surface area contributed by atoms with Crippen molar-refractivity contribution in [3.05, 3.63) is 48.0 Å². The Balaban J connectivity index is 2.01. The Morgan fingerprint density at radius 1 is 1.23 bits per heavy atom. The lowest BCUT2D eigenvalue weighted by Crippen LogP contribution is -2.16. The molecular weight excluding hydrogens is 441 g/mol. The van der Waals surface area contributed by atoms with Gasteiger partial charge in [0.1, 0.15) is 25.1 Å². The number of sulfonamides is 1. The van der Waals surface area contributed by atoms with E-state index in [1.165, 1.54) is 0 Å². The minimum Gasteiger partial charge on any atom is -0.491 e. The zero-order valence-electron chi connectivity index (χ0n) is 17.1. The quantitative estimate of drug-likeness (QED) is 0.432. The monoisotopic (exact) mass is 463 g/mol. The molecule has 0 aliphatic rings. The third-order valence-corrected chi connectivity index (χ3v) is 6.43. The molecule has 164 valence electrons. The molecule has 1 heterocycles. The number of halogens is 2. The van der Waals surface area contributed by atoms with Crippen LogP contribution in [0.2, 0.25) is 0 Å². The van der Waals surface area contributed by atoms with Crippen LogP contribution in [-0.2, 0) is 16.6 Å². The molecule has 0 unspecified atom stereocenters. The number of fused-ring (bicyclic) bond motifs is 1. The summed E-state index contributed by atoms with van der Waals surface area (Å²) in [4.78, 5) is 0. The second kappa shape index (κ2) is 10.0. The molecule has 0 bridgehead atoms. The van der Waals surface area contributed by atoms with Crippen molar-refractivity contribution in [2.75, 3.05) is 29.6 Å². The maximum absolute atomic E-state index is 12.5. The fourth-order valence-electron chi connectivity index (χ4n) is 3.49. The fraction of sp³-hybridized carbons (Fsp3) is 0.318. The van der Waals surface area contributed by atoms with Crippen molar-refractivity contribution in [3.8, 4) is 23.1 Å². The Hall–Kier alpha value is -2.76. The van der Waals surface area contributed by atoms with Gasteiger partial charge in [-0.2, -0.15) is 5.26 Å². The Labute approximate surface area is 186 Å². The summed E-state index contributed by atoms with van der Waals surface area (Å²) in [5.74, 6) is 0.766. The number of ether oxygens (including phenoxy) is 1. The summed E-state index contributed by atoms with van der Waals surface area (Å²) >= 11 is 5.58. The van der Waals surface area contributed by atoms with Crippen LogP contribution in [0.4, 0.5) is 10.1 Å². The first-order valence-electron chi connectivity index (χ1n) is 9.86. The van der Waals surface area contributed by atoms with Gasteiger partial charge in [-0.3, -0.25) is 4.72 Å². The third-order valence-electron chi connectivity index (χ3n) is 4.79. The van der Waals surface area contributed by atoms with E-state index in [4.69, 9.17) is 16.3 Å². The molecule has 0 amide bonds. The predicted molar refractivity (Wildman–Crippen MR) is 122 cm³/mol. The number of nitrogens with zero attached hydrogens (tertiary/aromatic N) is 2. The van der Waals surface area contributed by atoms with E-state index in [0.29, 0.717) is 30.0 Å². The summed E-state index contributed by atoms with van der Waals surface area (Å²) in [7, 11) is -3.47. The Kier molecular flexibility index (Phi) is 7.42. The number of hydrogen-bond acceptors (Lipinski definition) is 4. The average molecular weight is 464 g/mol. The van der Waals surface area contributed by atoms with E-state index in [9.17, 15) is 18.1 Å². The number of rotatable bonds is 10. The van der Waals surface area contributed by atoms with E-state index in [1.54, 1.807) is 42.5 Å². The molecule has 1 aromatic heterocycles. The molecule has 0 spiro atoms. The molecule has 0 aliphatic carbocycles. The SMILES string of the molecule is CCn1c(-c2ccc(NS(=O)(=O)CCCCl)cc2)c(C#N)c2ccc(OCCF)cc21. The molecule has 31 heavy (non-hydrogen) atoms. The third kappa shape index (κ3) is 5.12. The number of nitriles is 1. The van der Waals surface area contributed by atoms with E-state index < -0.39 is 16.7 Å². The van der Waals surface area contributed by atoms with Crippen molar-refractivity contribution >= 4 is 38.2 Å². The summed E-state index contributed by atoms with van der Waals surface area (Å²) in [5, 5.41) is 10.6. The van der Waals surface area contributed by atoms with Crippen molar-refractivity contribution in [1.29, 1.82) is 5.26 Å². The minimum absolute atomic E-state index is 0.0292. The Bertz CT molecular complexity index is 1200. The molecular formula is C22H23ClFN3O3S. The van der Waals surface area contributed by atoms with Gasteiger partial charge in [0.25, 0.3) is 0 Å². The molecule has 3 rings (SSSR count). The highest BCUT2D eigenvalue weighted by Gasteiger charge is 2.19. The van der Waals surface area contributed by atoms with E-state index >= 15 is 0 Å². The summed E-state index contributed by atoms with van der Waals surface area (Å²) < 4.78 is 46.6. The van der Waals surface area contributed by atoms with Gasteiger partial charge >= 0.3 is 0 Å². The lowest BCUT2D eigenvalue weighted by molar-refractivity contribution is 0.273. The van der Waals surface area contributed by atoms with Crippen molar-refractivity contribution < 1.29 is 17.5 Å². The second-order valence-electron chi connectivity index (χ2n) is 6.84. The van der Waals surface area contributed by atoms with Gasteiger partial charge in [-0.05, 0) is 43.2 Å². The highest BCUT2D eigenvalue weighted by Crippen LogP contribution is 2.35. The van der Waals surface area contributed by atoms with Crippen LogP contribution in [0.3, 0.4) is 0 Å². The van der Waals surface area contributed by atoms with Crippen molar-refractivity contribution in [2.24, 2.45) is 0 Å². The number of alkyl halides is 2. The van der Waals surface area contributed by atoms with Gasteiger partial charge in [-0.15, -0.1) is 11.6 Å². The van der Waals surface area contributed by atoms with Crippen molar-refractivity contribution in [3.63, 3.8) is 0 Å². The lowest BCUT2D eigenvalue weighted by atomic mass is 10.1. The van der Waals surface area contributed by atoms with E-state index in [-0.39, 0.29) is 18.2 Å². The first kappa shape index (κ1) is 22.9. The number of nitrogens with one attached hydrogen (secondary N) is 1. The molecule has 3 aromatic rings. The van der Waals surface area contributed by atoms with Crippen LogP contribution in [-0.4, -0.2) is 37.9 Å². The Morgan fingerprint density at radius 3 is 2.58 bits per heavy atom. The van der Waals surface area contributed by atoms with Gasteiger partial charge < -0.3 is 9.30 Å². The van der Waals surface area contributed by atoms with E-state index in [0.717, 1.165) is 22.2 Å². The average Bonchev–Trinajstić information content (AvgIpc) is 3.09. The molecule has 0 aliphatic heterocycles. The maximum Gasteiger partial charge on any atom is 0.232 e. The topological polar surface area (TPSA) is 84.1 Å². The molecule has 0 fully saturated rings. The number of aromatic nitrogens is 1. The first-order valence-corrected chi connectivity index (χ1v) is 12.0. The lowest BCUT2D eigenvalue weighted by Gasteiger charge is -2.11. The normalized spacial score (nSPS) is 11.4. The molecule has 1 N–H and O–H groups in total. The van der Waals surface area contributed by atoms with Crippen LogP contribution in [0.15, 0.2) is 42.5 Å². The van der Waals surface area contributed by atoms with Gasteiger partial charge in [-0.1, -0.05) is 12.1 Å². The Morgan fingerprint density at radius 2 is 1.97 bits per heavy atom. The van der Waals surface area contributed by atoms with Crippen LogP contribution in [0, 0.1) is 11.3 Å². The van der Waals surface area contributed by atoms with Crippen molar-refractivity contribution in [2.45, 2.75) is 19.9 Å². The molecule has 9 heteroatoms. The molecule has 0 radical (unpaired) electrons. The predicted octanol–water partition coefficient (Wildman–Crippen LogP) is 4.92. The molecule has 0 saturated heterocycles. The molecule has 0 atom stereocenters. The summed E-state index contributed by atoms with van der Waals surface area (Å²) in [5.41, 5.74) is 3.29. The van der Waals surface area contributed by atoms with Gasteiger partial charge in [0.2, 0.25) is 10.0 Å². The van der Waals surface area contributed by atoms with E-state index in [1.807, 2.05) is 11.5 Å². The maximum atomic E-state index is 12.5. The molecule has 6 nitrogen and oxygen atoms in total. The second-order valence-corrected chi connectivity index (χ2v) is 9.06. The van der Waals surface area contributed by atoms with E-state index in [2.05, 4.69) is 10.8 Å². The largest absolute Gasteiger partial charge is 0.491 e. The first-order chi connectivity index (χ1) is 14.9. The molecule has 0 saturated carbocycles. The van der Waals surface area contributed by atoms with Gasteiger partial charge in [0.15, 0.2) is 0 Å². The van der Waals surface area contributed by atoms with Crippen LogP contribution in [0.1, 0.15) is 18.9 Å². The zero-order valence-corrected chi connectivity index (χ0v) is 18.6. The molecule has 2 aromatic carbocycles. The van der Waals surface area contributed by atoms with Crippen LogP contribution in [0.25, 0.3) is 22.2 Å². The van der Waals surface area contributed by atoms with Gasteiger partial charge in [-0.25, -0.2) is 12.8 Å². The fourth-order valence-corrected chi connectivity index (χ4v) is 4.90. The standard InChI is InChI=1S/C22H23ClFN3O3S/c1-2-27-21-14-18(30-12-11-24)8-9-19(21)20(15-25)22(27)16-4-6-17(7-5-16)26-31(28,29)13-3-10-23/h4-9,14,26H,2-3,10-13H2,1H3. The van der Waals surface area contributed by atoms with Gasteiger partial charge in [0, 0.05) is 29.6 Å². The summed E-state index contributed by atoms with van der Waals surface area (Å²) in [6.07, 6.45) is 0.369. The van der Waals surface area contributed by atoms with Crippen LogP contribution >= 0.6 is 11.6 Å². The van der Waals surface area contributed by atoms with Crippen LogP contribution in [0.5, 0.6) is 5.75 Å². The number of aryl methyl sites for hydroxylation is 1. The summed E-state index contributed by atoms with van der Waals surface area (Å²) in [6.45, 7) is 1.97. The van der Waals surface area contributed by atoms with Gasteiger partial charge in [0.05, 0.1) is 22.5 Å². The van der Waals surface area contributed by atoms with Crippen LogP contribution < -0.4 is 9.46 Å². The number of hydrogen-bond donors (Lipinski definition) is 1. The highest BCUT2D eigenvalue weighted by molar-refractivity contribution is 7.92. The van der Waals surface area contributed by atoms with Crippen molar-refractivity contribution in [1.82, 2.24) is 4.57 Å². The number of anilines is 1. The smallest absolute Gasteiger partial charge is 0.232 e. The zero-order chi connectivity index (χ0) is 22.4. The minimum atomic E-state index is -3.47. The number of benzene rings is 2.